The number of halogens is 1. The summed E-state index contributed by atoms with van der Waals surface area (Å²) >= 11 is 3.33. The van der Waals surface area contributed by atoms with Gasteiger partial charge in [0.25, 0.3) is 0 Å². The quantitative estimate of drug-likeness (QED) is 0.899. The van der Waals surface area contributed by atoms with Crippen LogP contribution in [0.5, 0.6) is 5.75 Å². The standard InChI is InChI=1S/C11H16BrNO3S/c1-3-16-11-5-4-8(12)6-9(11)10(13)7-17(2,14)15/h4-6,10H,3,7,13H2,1-2H3. The summed E-state index contributed by atoms with van der Waals surface area (Å²) in [6.07, 6.45) is 1.17. The summed E-state index contributed by atoms with van der Waals surface area (Å²) in [5.74, 6) is 0.538. The lowest BCUT2D eigenvalue weighted by Gasteiger charge is -2.16. The molecule has 6 heteroatoms. The van der Waals surface area contributed by atoms with E-state index in [2.05, 4.69) is 15.9 Å². The molecular weight excluding hydrogens is 306 g/mol. The minimum atomic E-state index is -3.11. The molecule has 0 amide bonds. The monoisotopic (exact) mass is 321 g/mol. The lowest BCUT2D eigenvalue weighted by molar-refractivity contribution is 0.335. The Morgan fingerprint density at radius 2 is 2.12 bits per heavy atom. The second-order valence-electron chi connectivity index (χ2n) is 3.81. The van der Waals surface area contributed by atoms with Crippen molar-refractivity contribution in [1.82, 2.24) is 0 Å². The number of ether oxygens (including phenoxy) is 1. The third kappa shape index (κ3) is 4.65. The first-order valence-corrected chi connectivity index (χ1v) is 8.04. The van der Waals surface area contributed by atoms with Crippen molar-refractivity contribution in [2.24, 2.45) is 5.73 Å². The summed E-state index contributed by atoms with van der Waals surface area (Å²) < 4.78 is 28.8. The van der Waals surface area contributed by atoms with Gasteiger partial charge in [-0.05, 0) is 25.1 Å². The third-order valence-electron chi connectivity index (χ3n) is 2.15. The van der Waals surface area contributed by atoms with Gasteiger partial charge in [0.15, 0.2) is 0 Å². The minimum Gasteiger partial charge on any atom is -0.494 e. The number of hydrogen-bond acceptors (Lipinski definition) is 4. The highest BCUT2D eigenvalue weighted by atomic mass is 79.9. The van der Waals surface area contributed by atoms with Gasteiger partial charge in [-0.1, -0.05) is 15.9 Å². The number of rotatable bonds is 5. The van der Waals surface area contributed by atoms with Crippen LogP contribution in [-0.2, 0) is 9.84 Å². The van der Waals surface area contributed by atoms with Gasteiger partial charge in [0.05, 0.1) is 12.4 Å². The number of sulfone groups is 1. The van der Waals surface area contributed by atoms with Crippen molar-refractivity contribution in [2.75, 3.05) is 18.6 Å². The first-order chi connectivity index (χ1) is 7.83. The largest absolute Gasteiger partial charge is 0.494 e. The molecule has 4 nitrogen and oxygen atoms in total. The van der Waals surface area contributed by atoms with Crippen molar-refractivity contribution < 1.29 is 13.2 Å². The molecule has 0 aliphatic carbocycles. The first-order valence-electron chi connectivity index (χ1n) is 5.19. The van der Waals surface area contributed by atoms with Crippen LogP contribution in [0.1, 0.15) is 18.5 Å². The second kappa shape index (κ2) is 5.84. The van der Waals surface area contributed by atoms with Crippen LogP contribution in [0.2, 0.25) is 0 Å². The lowest BCUT2D eigenvalue weighted by Crippen LogP contribution is -2.21. The highest BCUT2D eigenvalue weighted by molar-refractivity contribution is 9.10. The molecule has 1 unspecified atom stereocenters. The number of nitrogens with two attached hydrogens (primary N) is 1. The molecule has 1 rings (SSSR count). The fourth-order valence-electron chi connectivity index (χ4n) is 1.51. The Bertz CT molecular complexity index is 487. The van der Waals surface area contributed by atoms with E-state index >= 15 is 0 Å². The van der Waals surface area contributed by atoms with Crippen LogP contribution in [0.4, 0.5) is 0 Å². The summed E-state index contributed by atoms with van der Waals surface area (Å²) in [6.45, 7) is 2.38. The topological polar surface area (TPSA) is 69.4 Å². The normalized spacial score (nSPS) is 13.4. The van der Waals surface area contributed by atoms with Crippen LogP contribution in [-0.4, -0.2) is 27.0 Å². The molecule has 0 radical (unpaired) electrons. The SMILES string of the molecule is CCOc1ccc(Br)cc1C(N)CS(C)(=O)=O. The van der Waals surface area contributed by atoms with E-state index in [0.717, 1.165) is 4.47 Å². The van der Waals surface area contributed by atoms with Crippen molar-refractivity contribution >= 4 is 25.8 Å². The van der Waals surface area contributed by atoms with Gasteiger partial charge in [0.1, 0.15) is 15.6 Å². The van der Waals surface area contributed by atoms with Gasteiger partial charge in [0.2, 0.25) is 0 Å². The maximum Gasteiger partial charge on any atom is 0.149 e. The molecule has 0 aliphatic rings. The van der Waals surface area contributed by atoms with Gasteiger partial charge in [0, 0.05) is 22.3 Å². The number of benzene rings is 1. The molecule has 0 spiro atoms. The molecule has 0 bridgehead atoms. The molecule has 0 saturated carbocycles. The molecule has 2 N–H and O–H groups in total. The maximum absolute atomic E-state index is 11.2. The summed E-state index contributed by atoms with van der Waals surface area (Å²) in [4.78, 5) is 0. The fraction of sp³-hybridized carbons (Fsp3) is 0.455. The maximum atomic E-state index is 11.2. The molecule has 17 heavy (non-hydrogen) atoms. The fourth-order valence-corrected chi connectivity index (χ4v) is 2.72. The molecule has 1 aromatic rings. The highest BCUT2D eigenvalue weighted by Crippen LogP contribution is 2.28. The Hall–Kier alpha value is -0.590. The first kappa shape index (κ1) is 14.5. The van der Waals surface area contributed by atoms with Gasteiger partial charge < -0.3 is 10.5 Å². The summed E-state index contributed by atoms with van der Waals surface area (Å²) in [5.41, 5.74) is 6.60. The number of hydrogen-bond donors (Lipinski definition) is 1. The minimum absolute atomic E-state index is 0.0937. The van der Waals surface area contributed by atoms with E-state index in [1.165, 1.54) is 6.26 Å². The van der Waals surface area contributed by atoms with Crippen molar-refractivity contribution in [1.29, 1.82) is 0 Å². The zero-order valence-corrected chi connectivity index (χ0v) is 12.2. The molecule has 1 atom stereocenters. The average Bonchev–Trinajstić information content (AvgIpc) is 2.18. The Kier molecular flexibility index (Phi) is 4.97. The molecule has 0 aromatic heterocycles. The molecule has 1 aromatic carbocycles. The third-order valence-corrected chi connectivity index (χ3v) is 3.61. The van der Waals surface area contributed by atoms with E-state index < -0.39 is 15.9 Å². The van der Waals surface area contributed by atoms with Crippen molar-refractivity contribution in [2.45, 2.75) is 13.0 Å². The van der Waals surface area contributed by atoms with Crippen LogP contribution in [0, 0.1) is 0 Å². The summed E-state index contributed by atoms with van der Waals surface area (Å²) in [6, 6.07) is 4.83. The Balaban J connectivity index is 3.05. The van der Waals surface area contributed by atoms with E-state index in [1.807, 2.05) is 13.0 Å². The van der Waals surface area contributed by atoms with Crippen molar-refractivity contribution in [3.8, 4) is 5.75 Å². The smallest absolute Gasteiger partial charge is 0.149 e. The van der Waals surface area contributed by atoms with Crippen LogP contribution >= 0.6 is 15.9 Å². The molecule has 0 heterocycles. The Labute approximate surface area is 110 Å². The van der Waals surface area contributed by atoms with E-state index in [-0.39, 0.29) is 5.75 Å². The van der Waals surface area contributed by atoms with Gasteiger partial charge in [-0.25, -0.2) is 8.42 Å². The van der Waals surface area contributed by atoms with Crippen LogP contribution in [0.25, 0.3) is 0 Å². The summed E-state index contributed by atoms with van der Waals surface area (Å²) in [7, 11) is -3.11. The van der Waals surface area contributed by atoms with E-state index in [1.54, 1.807) is 12.1 Å². The van der Waals surface area contributed by atoms with E-state index in [4.69, 9.17) is 10.5 Å². The van der Waals surface area contributed by atoms with Crippen LogP contribution < -0.4 is 10.5 Å². The predicted octanol–water partition coefficient (Wildman–Crippen LogP) is 1.89. The van der Waals surface area contributed by atoms with E-state index in [0.29, 0.717) is 17.9 Å². The Morgan fingerprint density at radius 3 is 2.65 bits per heavy atom. The molecule has 0 aliphatic heterocycles. The average molecular weight is 322 g/mol. The molecule has 0 fully saturated rings. The summed E-state index contributed by atoms with van der Waals surface area (Å²) in [5, 5.41) is 0. The van der Waals surface area contributed by atoms with Crippen molar-refractivity contribution in [3.05, 3.63) is 28.2 Å². The van der Waals surface area contributed by atoms with Gasteiger partial charge >= 0.3 is 0 Å². The van der Waals surface area contributed by atoms with E-state index in [9.17, 15) is 8.42 Å². The van der Waals surface area contributed by atoms with Gasteiger partial charge in [-0.3, -0.25) is 0 Å². The van der Waals surface area contributed by atoms with Crippen LogP contribution in [0.15, 0.2) is 22.7 Å². The van der Waals surface area contributed by atoms with Crippen LogP contribution in [0.3, 0.4) is 0 Å². The molecule has 0 saturated heterocycles. The zero-order valence-electron chi connectivity index (χ0n) is 9.81. The molecular formula is C11H16BrNO3S. The van der Waals surface area contributed by atoms with Crippen molar-refractivity contribution in [3.63, 3.8) is 0 Å². The second-order valence-corrected chi connectivity index (χ2v) is 6.91. The zero-order chi connectivity index (χ0) is 13.1. The Morgan fingerprint density at radius 1 is 1.47 bits per heavy atom. The predicted molar refractivity (Wildman–Crippen MR) is 72.0 cm³/mol. The molecule has 96 valence electrons. The lowest BCUT2D eigenvalue weighted by atomic mass is 10.1. The van der Waals surface area contributed by atoms with Gasteiger partial charge in [-0.2, -0.15) is 0 Å². The van der Waals surface area contributed by atoms with Gasteiger partial charge in [-0.15, -0.1) is 0 Å². The highest BCUT2D eigenvalue weighted by Gasteiger charge is 2.17.